The van der Waals surface area contributed by atoms with E-state index in [-0.39, 0.29) is 42.3 Å². The molecule has 1 aromatic heterocycles. The van der Waals surface area contributed by atoms with Gasteiger partial charge >= 0.3 is 0 Å². The SMILES string of the molecule is COc1cccc(CN(C(=O)C2=C(c3cnc(OCCOc4c(F)ccc(Cl)c4F)s3)CC3CNCC2N3)C2CC2)c1C. The second kappa shape index (κ2) is 12.8. The summed E-state index contributed by atoms with van der Waals surface area (Å²) in [6, 6.07) is 8.42. The number of aromatic nitrogens is 1. The van der Waals surface area contributed by atoms with E-state index in [0.29, 0.717) is 24.7 Å². The number of nitrogens with one attached hydrogen (secondary N) is 2. The van der Waals surface area contributed by atoms with Crippen molar-refractivity contribution in [3.63, 3.8) is 0 Å². The van der Waals surface area contributed by atoms with E-state index < -0.39 is 17.4 Å². The quantitative estimate of drug-likeness (QED) is 0.225. The number of thiazole rings is 1. The highest BCUT2D eigenvalue weighted by Crippen LogP contribution is 2.39. The summed E-state index contributed by atoms with van der Waals surface area (Å²) in [6.45, 7) is 3.93. The lowest BCUT2D eigenvalue weighted by Crippen LogP contribution is -2.59. The van der Waals surface area contributed by atoms with Gasteiger partial charge in [0.05, 0.1) is 23.1 Å². The van der Waals surface area contributed by atoms with Crippen LogP contribution in [0.3, 0.4) is 0 Å². The first-order chi connectivity index (χ1) is 20.8. The van der Waals surface area contributed by atoms with Crippen molar-refractivity contribution in [2.45, 2.75) is 50.9 Å². The molecule has 2 aliphatic heterocycles. The van der Waals surface area contributed by atoms with Crippen LogP contribution in [0.25, 0.3) is 5.57 Å². The van der Waals surface area contributed by atoms with Gasteiger partial charge in [-0.15, -0.1) is 0 Å². The molecule has 3 aromatic rings. The van der Waals surface area contributed by atoms with Crippen molar-refractivity contribution in [2.75, 3.05) is 33.4 Å². The van der Waals surface area contributed by atoms with Gasteiger partial charge in [0.25, 0.3) is 11.1 Å². The minimum Gasteiger partial charge on any atom is -0.496 e. The number of nitrogens with zero attached hydrogens (tertiary/aromatic N) is 2. The molecule has 0 radical (unpaired) electrons. The summed E-state index contributed by atoms with van der Waals surface area (Å²) < 4.78 is 44.6. The Kier molecular flexibility index (Phi) is 8.85. The smallest absolute Gasteiger partial charge is 0.273 e. The topological polar surface area (TPSA) is 85.0 Å². The average molecular weight is 631 g/mol. The second-order valence-electron chi connectivity index (χ2n) is 10.9. The summed E-state index contributed by atoms with van der Waals surface area (Å²) in [6.07, 6.45) is 4.39. The van der Waals surface area contributed by atoms with Crippen LogP contribution in [0.15, 0.2) is 42.1 Å². The first kappa shape index (κ1) is 29.8. The highest BCUT2D eigenvalue weighted by molar-refractivity contribution is 7.14. The minimum absolute atomic E-state index is 0.0231. The van der Waals surface area contributed by atoms with Gasteiger partial charge in [-0.3, -0.25) is 4.79 Å². The van der Waals surface area contributed by atoms with Gasteiger partial charge in [-0.05, 0) is 61.1 Å². The molecule has 8 nitrogen and oxygen atoms in total. The molecule has 3 heterocycles. The summed E-state index contributed by atoms with van der Waals surface area (Å²) in [5, 5.41) is 7.28. The molecular weight excluding hydrogens is 598 g/mol. The van der Waals surface area contributed by atoms with Gasteiger partial charge in [-0.25, -0.2) is 13.8 Å². The Labute approximate surface area is 258 Å². The number of carbonyl (C=O) groups is 1. The van der Waals surface area contributed by atoms with Crippen LogP contribution >= 0.6 is 22.9 Å². The maximum Gasteiger partial charge on any atom is 0.273 e. The van der Waals surface area contributed by atoms with Gasteiger partial charge in [0.1, 0.15) is 19.0 Å². The summed E-state index contributed by atoms with van der Waals surface area (Å²) in [7, 11) is 1.66. The molecular formula is C31H33ClF2N4O4S. The molecule has 12 heteroatoms. The van der Waals surface area contributed by atoms with Crippen molar-refractivity contribution < 1.29 is 27.8 Å². The van der Waals surface area contributed by atoms with E-state index in [1.165, 1.54) is 11.3 Å². The molecule has 0 spiro atoms. The monoisotopic (exact) mass is 630 g/mol. The number of halogens is 3. The van der Waals surface area contributed by atoms with Gasteiger partial charge in [0, 0.05) is 43.5 Å². The number of hydrogen-bond acceptors (Lipinski definition) is 8. The zero-order valence-electron chi connectivity index (χ0n) is 23.9. The molecule has 228 valence electrons. The molecule has 43 heavy (non-hydrogen) atoms. The number of fused-ring (bicyclic) bond motifs is 2. The molecule has 1 amide bonds. The second-order valence-corrected chi connectivity index (χ2v) is 12.3. The van der Waals surface area contributed by atoms with Crippen LogP contribution in [0.1, 0.15) is 35.3 Å². The van der Waals surface area contributed by atoms with E-state index in [1.54, 1.807) is 13.3 Å². The predicted octanol–water partition coefficient (Wildman–Crippen LogP) is 5.13. The number of piperazine rings is 1. The molecule has 6 rings (SSSR count). The van der Waals surface area contributed by atoms with Gasteiger partial charge in [0.15, 0.2) is 17.4 Å². The Morgan fingerprint density at radius 1 is 1.16 bits per heavy atom. The lowest BCUT2D eigenvalue weighted by molar-refractivity contribution is -0.128. The molecule has 3 aliphatic rings. The highest BCUT2D eigenvalue weighted by atomic mass is 35.5. The third-order valence-corrected chi connectivity index (χ3v) is 9.34. The molecule has 2 unspecified atom stereocenters. The van der Waals surface area contributed by atoms with Gasteiger partial charge in [-0.1, -0.05) is 35.1 Å². The van der Waals surface area contributed by atoms with E-state index >= 15 is 0 Å². The van der Waals surface area contributed by atoms with Crippen LogP contribution in [-0.4, -0.2) is 67.3 Å². The molecule has 1 saturated carbocycles. The van der Waals surface area contributed by atoms with Gasteiger partial charge in [-0.2, -0.15) is 0 Å². The maximum absolute atomic E-state index is 14.4. The van der Waals surface area contributed by atoms with Crippen LogP contribution in [0.2, 0.25) is 5.02 Å². The van der Waals surface area contributed by atoms with E-state index in [9.17, 15) is 13.6 Å². The van der Waals surface area contributed by atoms with Crippen LogP contribution in [0.4, 0.5) is 8.78 Å². The summed E-state index contributed by atoms with van der Waals surface area (Å²) in [5.41, 5.74) is 3.85. The molecule has 1 saturated heterocycles. The number of amides is 1. The zero-order valence-corrected chi connectivity index (χ0v) is 25.5. The fourth-order valence-electron chi connectivity index (χ4n) is 5.72. The standard InChI is InChI=1S/C31H33ClF2N4O4S/c1-17-18(4-3-5-25(17)40-2)16-38(20-6-7-20)30(39)27-21(12-19-13-35-14-24(27)37-19)26-15-36-31(43-26)42-11-10-41-29-23(33)9-8-22(32)28(29)34/h3-5,8-9,15,19-20,24,35,37H,6-7,10-14,16H2,1-2H3. The number of ether oxygens (including phenoxy) is 3. The molecule has 2 fully saturated rings. The lowest BCUT2D eigenvalue weighted by atomic mass is 9.86. The van der Waals surface area contributed by atoms with Crippen LogP contribution < -0.4 is 24.8 Å². The third-order valence-electron chi connectivity index (χ3n) is 8.08. The zero-order chi connectivity index (χ0) is 30.1. The minimum atomic E-state index is -0.949. The number of rotatable bonds is 11. The predicted molar refractivity (Wildman–Crippen MR) is 161 cm³/mol. The number of carbonyl (C=O) groups excluding carboxylic acids is 1. The van der Waals surface area contributed by atoms with E-state index in [2.05, 4.69) is 21.7 Å². The maximum atomic E-state index is 14.4. The van der Waals surface area contributed by atoms with Crippen molar-refractivity contribution in [3.8, 4) is 16.7 Å². The Balaban J connectivity index is 1.21. The molecule has 2 aromatic carbocycles. The van der Waals surface area contributed by atoms with Crippen LogP contribution in [0, 0.1) is 18.6 Å². The van der Waals surface area contributed by atoms with Crippen molar-refractivity contribution in [1.29, 1.82) is 0 Å². The normalized spacial score (nSPS) is 19.7. The van der Waals surface area contributed by atoms with Crippen molar-refractivity contribution in [1.82, 2.24) is 20.5 Å². The van der Waals surface area contributed by atoms with Gasteiger partial charge < -0.3 is 29.7 Å². The Hall–Kier alpha value is -3.25. The van der Waals surface area contributed by atoms with Crippen molar-refractivity contribution >= 4 is 34.4 Å². The Morgan fingerprint density at radius 2 is 1.98 bits per heavy atom. The number of benzene rings is 2. The van der Waals surface area contributed by atoms with Crippen molar-refractivity contribution in [2.24, 2.45) is 0 Å². The molecule has 1 aliphatic carbocycles. The van der Waals surface area contributed by atoms with Crippen molar-refractivity contribution in [3.05, 3.63) is 74.8 Å². The van der Waals surface area contributed by atoms with E-state index in [4.69, 9.17) is 25.8 Å². The van der Waals surface area contributed by atoms with Gasteiger partial charge in [0.2, 0.25) is 0 Å². The Bertz CT molecular complexity index is 1550. The fourth-order valence-corrected chi connectivity index (χ4v) is 6.73. The van der Waals surface area contributed by atoms with Crippen LogP contribution in [0.5, 0.6) is 16.7 Å². The van der Waals surface area contributed by atoms with E-state index in [1.807, 2.05) is 24.0 Å². The highest BCUT2D eigenvalue weighted by Gasteiger charge is 2.41. The summed E-state index contributed by atoms with van der Waals surface area (Å²) in [5.74, 6) is -1.48. The molecule has 2 atom stereocenters. The molecule has 2 bridgehead atoms. The Morgan fingerprint density at radius 3 is 2.77 bits per heavy atom. The first-order valence-corrected chi connectivity index (χ1v) is 15.5. The van der Waals surface area contributed by atoms with E-state index in [0.717, 1.165) is 64.4 Å². The average Bonchev–Trinajstić information content (AvgIpc) is 3.74. The largest absolute Gasteiger partial charge is 0.496 e. The lowest BCUT2D eigenvalue weighted by Gasteiger charge is -2.40. The number of methoxy groups -OCH3 is 1. The third kappa shape index (κ3) is 6.35. The number of hydrogen-bond donors (Lipinski definition) is 2. The summed E-state index contributed by atoms with van der Waals surface area (Å²) >= 11 is 7.08. The van der Waals surface area contributed by atoms with Crippen LogP contribution in [-0.2, 0) is 11.3 Å². The molecule has 2 N–H and O–H groups in total. The summed E-state index contributed by atoms with van der Waals surface area (Å²) in [4.78, 5) is 21.7. The fraction of sp³-hybridized carbons (Fsp3) is 0.419. The first-order valence-electron chi connectivity index (χ1n) is 14.3.